The molecule has 0 spiro atoms. The lowest BCUT2D eigenvalue weighted by atomic mass is 10.2. The smallest absolute Gasteiger partial charge is 0.0771 e. The van der Waals surface area contributed by atoms with Gasteiger partial charge >= 0.3 is 0 Å². The maximum atomic E-state index is 9.47. The second-order valence-electron chi connectivity index (χ2n) is 6.69. The maximum absolute atomic E-state index is 9.47. The van der Waals surface area contributed by atoms with Crippen molar-refractivity contribution >= 4 is 21.2 Å². The van der Waals surface area contributed by atoms with E-state index in [1.54, 1.807) is 0 Å². The molecule has 21 heavy (non-hydrogen) atoms. The summed E-state index contributed by atoms with van der Waals surface area (Å²) in [5, 5.41) is 10.6. The third kappa shape index (κ3) is 3.44. The highest BCUT2D eigenvalue weighted by molar-refractivity contribution is 8.29. The van der Waals surface area contributed by atoms with Gasteiger partial charge in [-0.2, -0.15) is 0 Å². The number of hydrogen-bond donors (Lipinski definition) is 1. The van der Waals surface area contributed by atoms with Crippen LogP contribution in [0.5, 0.6) is 0 Å². The molecule has 1 heterocycles. The van der Waals surface area contributed by atoms with E-state index in [1.807, 2.05) is 18.3 Å². The van der Waals surface area contributed by atoms with Gasteiger partial charge in [0.1, 0.15) is 0 Å². The molecule has 0 atom stereocenters. The fourth-order valence-electron chi connectivity index (χ4n) is 2.15. The Bertz CT molecular complexity index is 611. The van der Waals surface area contributed by atoms with E-state index < -0.39 is 10.3 Å². The van der Waals surface area contributed by atoms with E-state index in [0.717, 1.165) is 23.0 Å². The number of hydrogen-bond acceptors (Lipinski definition) is 2. The summed E-state index contributed by atoms with van der Waals surface area (Å²) in [6.45, 7) is 8.29. The molecule has 0 aliphatic heterocycles. The number of aliphatic hydroxyl groups is 1. The fraction of sp³-hybridized carbons (Fsp3) is 0.529. The first-order valence-electron chi connectivity index (χ1n) is 7.31. The average molecular weight is 309 g/mol. The summed E-state index contributed by atoms with van der Waals surface area (Å²) in [5.74, 6) is 0. The van der Waals surface area contributed by atoms with Gasteiger partial charge in [-0.1, -0.05) is 39.0 Å². The van der Waals surface area contributed by atoms with Gasteiger partial charge in [-0.15, -0.1) is 10.3 Å². The van der Waals surface area contributed by atoms with Gasteiger partial charge < -0.3 is 13.9 Å². The van der Waals surface area contributed by atoms with Crippen LogP contribution in [0.4, 0.5) is 0 Å². The third-order valence-corrected chi connectivity index (χ3v) is 7.93. The summed E-state index contributed by atoms with van der Waals surface area (Å²) in [7, 11) is -1.08. The molecule has 0 bridgehead atoms. The molecule has 118 valence electrons. The van der Waals surface area contributed by atoms with Crippen molar-refractivity contribution in [1.82, 2.24) is 4.57 Å². The Hall–Kier alpha value is -0.970. The highest BCUT2D eigenvalue weighted by Gasteiger charge is 2.28. The van der Waals surface area contributed by atoms with E-state index in [-0.39, 0.29) is 11.4 Å². The van der Waals surface area contributed by atoms with Crippen LogP contribution in [0, 0.1) is 0 Å². The Kier molecular flexibility index (Phi) is 4.71. The molecule has 0 saturated carbocycles. The van der Waals surface area contributed by atoms with E-state index in [4.69, 9.17) is 4.18 Å². The van der Waals surface area contributed by atoms with Gasteiger partial charge in [0.25, 0.3) is 0 Å². The van der Waals surface area contributed by atoms with Gasteiger partial charge in [0.15, 0.2) is 0 Å². The van der Waals surface area contributed by atoms with Gasteiger partial charge in [0.2, 0.25) is 0 Å². The molecule has 0 saturated heterocycles. The van der Waals surface area contributed by atoms with Crippen molar-refractivity contribution in [2.24, 2.45) is 0 Å². The highest BCUT2D eigenvalue weighted by atomic mass is 32.3. The largest absolute Gasteiger partial charge is 0.392 e. The van der Waals surface area contributed by atoms with E-state index in [9.17, 15) is 5.11 Å². The third-order valence-electron chi connectivity index (χ3n) is 4.23. The summed E-state index contributed by atoms with van der Waals surface area (Å²) in [6.07, 6.45) is 6.48. The van der Waals surface area contributed by atoms with E-state index in [2.05, 4.69) is 50.0 Å². The van der Waals surface area contributed by atoms with Crippen molar-refractivity contribution in [2.75, 3.05) is 19.1 Å². The van der Waals surface area contributed by atoms with Crippen LogP contribution in [-0.4, -0.2) is 33.5 Å². The van der Waals surface area contributed by atoms with Gasteiger partial charge in [-0.25, -0.2) is 0 Å². The standard InChI is InChI=1S/C17H27NO2S/c1-17(2,3)21(4,5)20-11-10-18-12-14(13-19)15-8-6-7-9-16(15)18/h6-9,12,19H,10-11,13H2,1-5H3. The van der Waals surface area contributed by atoms with Gasteiger partial charge in [-0.05, 0) is 18.6 Å². The van der Waals surface area contributed by atoms with Crippen molar-refractivity contribution in [3.63, 3.8) is 0 Å². The highest BCUT2D eigenvalue weighted by Crippen LogP contribution is 2.53. The summed E-state index contributed by atoms with van der Waals surface area (Å²) in [6, 6.07) is 8.19. The normalized spacial score (nSPS) is 13.8. The Balaban J connectivity index is 2.11. The quantitative estimate of drug-likeness (QED) is 0.908. The number of rotatable bonds is 5. The summed E-state index contributed by atoms with van der Waals surface area (Å²) < 4.78 is 8.55. The minimum atomic E-state index is -1.08. The van der Waals surface area contributed by atoms with Gasteiger partial charge in [0, 0.05) is 34.0 Å². The molecule has 2 rings (SSSR count). The molecule has 3 nitrogen and oxygen atoms in total. The molecular weight excluding hydrogens is 282 g/mol. The van der Waals surface area contributed by atoms with Crippen LogP contribution < -0.4 is 0 Å². The number of aliphatic hydroxyl groups excluding tert-OH is 1. The van der Waals surface area contributed by atoms with Crippen molar-refractivity contribution < 1.29 is 9.29 Å². The van der Waals surface area contributed by atoms with Crippen LogP contribution in [0.15, 0.2) is 30.5 Å². The molecule has 0 amide bonds. The first-order valence-corrected chi connectivity index (χ1v) is 9.68. The van der Waals surface area contributed by atoms with Crippen molar-refractivity contribution in [3.8, 4) is 0 Å². The molecular formula is C17H27NO2S. The lowest BCUT2D eigenvalue weighted by Gasteiger charge is -2.43. The molecule has 0 aliphatic rings. The molecule has 1 aromatic heterocycles. The van der Waals surface area contributed by atoms with Gasteiger partial charge in [0.05, 0.1) is 13.2 Å². The molecule has 2 aromatic rings. The van der Waals surface area contributed by atoms with Crippen LogP contribution in [0.1, 0.15) is 26.3 Å². The van der Waals surface area contributed by atoms with Crippen LogP contribution >= 0.6 is 10.3 Å². The van der Waals surface area contributed by atoms with Crippen molar-refractivity contribution in [3.05, 3.63) is 36.0 Å². The van der Waals surface area contributed by atoms with E-state index in [0.29, 0.717) is 6.61 Å². The number of fused-ring (bicyclic) bond motifs is 1. The predicted molar refractivity (Wildman–Crippen MR) is 93.0 cm³/mol. The Morgan fingerprint density at radius 2 is 1.86 bits per heavy atom. The van der Waals surface area contributed by atoms with Crippen molar-refractivity contribution in [2.45, 2.75) is 38.7 Å². The number of para-hydroxylation sites is 1. The lowest BCUT2D eigenvalue weighted by Crippen LogP contribution is -2.26. The van der Waals surface area contributed by atoms with Crippen LogP contribution in [0.2, 0.25) is 0 Å². The minimum absolute atomic E-state index is 0.0765. The second-order valence-corrected chi connectivity index (χ2v) is 10.6. The zero-order valence-corrected chi connectivity index (χ0v) is 14.5. The van der Waals surface area contributed by atoms with E-state index in [1.165, 1.54) is 0 Å². The predicted octanol–water partition coefficient (Wildman–Crippen LogP) is 3.93. The molecule has 1 aromatic carbocycles. The zero-order valence-electron chi connectivity index (χ0n) is 13.7. The van der Waals surface area contributed by atoms with Crippen LogP contribution in [0.25, 0.3) is 10.9 Å². The molecule has 1 N–H and O–H groups in total. The SMILES string of the molecule is CC(C)(C)S(C)(C)OCCn1cc(CO)c2ccccc21. The number of benzene rings is 1. The average Bonchev–Trinajstić information content (AvgIpc) is 2.76. The number of aromatic nitrogens is 1. The monoisotopic (exact) mass is 309 g/mol. The summed E-state index contributed by atoms with van der Waals surface area (Å²) in [4.78, 5) is 0. The topological polar surface area (TPSA) is 34.4 Å². The Morgan fingerprint density at radius 3 is 2.48 bits per heavy atom. The van der Waals surface area contributed by atoms with Gasteiger partial charge in [-0.3, -0.25) is 0 Å². The first kappa shape index (κ1) is 16.4. The molecule has 0 fully saturated rings. The molecule has 4 heteroatoms. The molecule has 0 unspecified atom stereocenters. The fourth-order valence-corrected chi connectivity index (χ4v) is 3.00. The molecule has 0 radical (unpaired) electrons. The first-order chi connectivity index (χ1) is 9.76. The second kappa shape index (κ2) is 6.03. The number of nitrogens with zero attached hydrogens (tertiary/aromatic N) is 1. The lowest BCUT2D eigenvalue weighted by molar-refractivity contribution is 0.282. The van der Waals surface area contributed by atoms with Crippen LogP contribution in [-0.2, 0) is 17.3 Å². The van der Waals surface area contributed by atoms with Crippen LogP contribution in [0.3, 0.4) is 0 Å². The Labute approximate surface area is 129 Å². The summed E-state index contributed by atoms with van der Waals surface area (Å²) in [5.41, 5.74) is 2.14. The van der Waals surface area contributed by atoms with Crippen molar-refractivity contribution in [1.29, 1.82) is 0 Å². The maximum Gasteiger partial charge on any atom is 0.0771 e. The summed E-state index contributed by atoms with van der Waals surface area (Å²) >= 11 is 0. The van der Waals surface area contributed by atoms with E-state index >= 15 is 0 Å². The molecule has 0 aliphatic carbocycles. The zero-order chi connectivity index (χ0) is 15.7. The Morgan fingerprint density at radius 1 is 1.19 bits per heavy atom. The minimum Gasteiger partial charge on any atom is -0.392 e.